The summed E-state index contributed by atoms with van der Waals surface area (Å²) in [5.74, 6) is 1.42. The van der Waals surface area contributed by atoms with E-state index in [1.54, 1.807) is 6.07 Å². The maximum atomic E-state index is 6.32. The molecule has 0 radical (unpaired) electrons. The summed E-state index contributed by atoms with van der Waals surface area (Å²) in [6.45, 7) is 4.19. The fraction of sp³-hybridized carbons (Fsp3) is 0.211. The summed E-state index contributed by atoms with van der Waals surface area (Å²) in [6, 6.07) is 11.6. The van der Waals surface area contributed by atoms with Crippen LogP contribution >= 0.6 is 11.6 Å². The lowest BCUT2D eigenvalue weighted by molar-refractivity contribution is 0.478. The fourth-order valence-electron chi connectivity index (χ4n) is 2.72. The van der Waals surface area contributed by atoms with E-state index in [1.807, 2.05) is 36.5 Å². The van der Waals surface area contributed by atoms with Gasteiger partial charge in [0.15, 0.2) is 0 Å². The van der Waals surface area contributed by atoms with Gasteiger partial charge < -0.3 is 10.5 Å². The summed E-state index contributed by atoms with van der Waals surface area (Å²) >= 11 is 6.32. The number of hydrogen-bond donors (Lipinski definition) is 1. The Balaban J connectivity index is 2.05. The first-order valence-electron chi connectivity index (χ1n) is 7.75. The Bertz CT molecular complexity index is 861. The van der Waals surface area contributed by atoms with E-state index in [9.17, 15) is 0 Å². The molecule has 2 aromatic carbocycles. The molecule has 0 atom stereocenters. The van der Waals surface area contributed by atoms with Crippen molar-refractivity contribution < 1.29 is 4.74 Å². The van der Waals surface area contributed by atoms with Crippen LogP contribution in [0.3, 0.4) is 0 Å². The molecule has 0 bridgehead atoms. The van der Waals surface area contributed by atoms with E-state index in [1.165, 1.54) is 5.56 Å². The Morgan fingerprint density at radius 3 is 2.57 bits per heavy atom. The lowest BCUT2D eigenvalue weighted by atomic mass is 10.1. The molecule has 0 amide bonds. The minimum Gasteiger partial charge on any atom is -0.455 e. The number of pyridine rings is 1. The number of halogens is 1. The van der Waals surface area contributed by atoms with Gasteiger partial charge in [-0.15, -0.1) is 0 Å². The summed E-state index contributed by atoms with van der Waals surface area (Å²) in [7, 11) is 0. The van der Waals surface area contributed by atoms with Crippen LogP contribution < -0.4 is 10.5 Å². The Morgan fingerprint density at radius 1 is 1.04 bits per heavy atom. The predicted octanol–water partition coefficient (Wildman–Crippen LogP) is 5.39. The lowest BCUT2D eigenvalue weighted by Gasteiger charge is -2.14. The van der Waals surface area contributed by atoms with Gasteiger partial charge in [0.2, 0.25) is 0 Å². The molecule has 4 heteroatoms. The molecular formula is C19H19ClN2O. The average molecular weight is 327 g/mol. The number of aryl methyl sites for hydroxylation is 2. The quantitative estimate of drug-likeness (QED) is 0.654. The number of ether oxygens (including phenoxy) is 1. The maximum Gasteiger partial charge on any atom is 0.149 e. The monoisotopic (exact) mass is 326 g/mol. The second-order valence-electron chi connectivity index (χ2n) is 5.45. The molecule has 3 rings (SSSR count). The third-order valence-corrected chi connectivity index (χ3v) is 4.21. The number of anilines is 1. The molecule has 0 aliphatic rings. The molecule has 3 aromatic rings. The molecule has 0 fully saturated rings. The maximum absolute atomic E-state index is 6.32. The van der Waals surface area contributed by atoms with E-state index < -0.39 is 0 Å². The Kier molecular flexibility index (Phi) is 4.39. The number of nitrogen functional groups attached to an aromatic ring is 1. The van der Waals surface area contributed by atoms with Crippen molar-refractivity contribution in [2.75, 3.05) is 5.73 Å². The first-order chi connectivity index (χ1) is 11.1. The van der Waals surface area contributed by atoms with Crippen LogP contribution in [0.5, 0.6) is 11.5 Å². The van der Waals surface area contributed by atoms with Crippen molar-refractivity contribution in [1.82, 2.24) is 4.98 Å². The van der Waals surface area contributed by atoms with Gasteiger partial charge in [-0.2, -0.15) is 0 Å². The van der Waals surface area contributed by atoms with Crippen molar-refractivity contribution in [3.8, 4) is 11.5 Å². The second-order valence-corrected chi connectivity index (χ2v) is 5.86. The third kappa shape index (κ3) is 3.10. The zero-order valence-electron chi connectivity index (χ0n) is 13.3. The van der Waals surface area contributed by atoms with Crippen molar-refractivity contribution in [2.24, 2.45) is 0 Å². The van der Waals surface area contributed by atoms with E-state index in [-0.39, 0.29) is 0 Å². The molecule has 118 valence electrons. The average Bonchev–Trinajstić information content (AvgIpc) is 2.56. The van der Waals surface area contributed by atoms with E-state index in [4.69, 9.17) is 22.1 Å². The predicted molar refractivity (Wildman–Crippen MR) is 96.4 cm³/mol. The van der Waals surface area contributed by atoms with Gasteiger partial charge in [0, 0.05) is 17.3 Å². The Hall–Kier alpha value is -2.26. The van der Waals surface area contributed by atoms with Crippen LogP contribution in [0.1, 0.15) is 25.0 Å². The summed E-state index contributed by atoms with van der Waals surface area (Å²) in [4.78, 5) is 4.40. The smallest absolute Gasteiger partial charge is 0.149 e. The zero-order valence-corrected chi connectivity index (χ0v) is 14.0. The van der Waals surface area contributed by atoms with Gasteiger partial charge in [0.05, 0.1) is 10.5 Å². The third-order valence-electron chi connectivity index (χ3n) is 3.93. The number of aromatic nitrogens is 1. The normalized spacial score (nSPS) is 10.9. The molecule has 0 spiro atoms. The number of benzene rings is 2. The van der Waals surface area contributed by atoms with Gasteiger partial charge in [-0.3, -0.25) is 4.98 Å². The highest BCUT2D eigenvalue weighted by Gasteiger charge is 2.11. The molecule has 23 heavy (non-hydrogen) atoms. The number of nitrogens with zero attached hydrogens (tertiary/aromatic N) is 1. The largest absolute Gasteiger partial charge is 0.455 e. The minimum atomic E-state index is 0.531. The van der Waals surface area contributed by atoms with Crippen LogP contribution in [0.25, 0.3) is 10.9 Å². The van der Waals surface area contributed by atoms with E-state index in [0.717, 1.165) is 35.1 Å². The molecule has 1 aromatic heterocycles. The summed E-state index contributed by atoms with van der Waals surface area (Å²) in [6.07, 6.45) is 3.59. The van der Waals surface area contributed by atoms with Crippen LogP contribution in [0.4, 0.5) is 5.69 Å². The molecular weight excluding hydrogens is 308 g/mol. The van der Waals surface area contributed by atoms with E-state index in [0.29, 0.717) is 16.5 Å². The highest BCUT2D eigenvalue weighted by Crippen LogP contribution is 2.36. The van der Waals surface area contributed by atoms with Gasteiger partial charge in [0.1, 0.15) is 11.5 Å². The number of fused-ring (bicyclic) bond motifs is 1. The first-order valence-corrected chi connectivity index (χ1v) is 8.13. The molecule has 2 N–H and O–H groups in total. The van der Waals surface area contributed by atoms with Crippen molar-refractivity contribution >= 4 is 28.2 Å². The van der Waals surface area contributed by atoms with Crippen LogP contribution in [-0.2, 0) is 12.8 Å². The first kappa shape index (κ1) is 15.6. The van der Waals surface area contributed by atoms with Crippen molar-refractivity contribution in [1.29, 1.82) is 0 Å². The summed E-state index contributed by atoms with van der Waals surface area (Å²) < 4.78 is 6.08. The SMILES string of the molecule is CCc1cc(N)cc(Cl)c1Oc1ccc2nccc(CC)c2c1. The van der Waals surface area contributed by atoms with Crippen molar-refractivity contribution in [3.05, 3.63) is 58.7 Å². The molecule has 0 aliphatic carbocycles. The van der Waals surface area contributed by atoms with Crippen LogP contribution in [-0.4, -0.2) is 4.98 Å². The van der Waals surface area contributed by atoms with Gasteiger partial charge >= 0.3 is 0 Å². The minimum absolute atomic E-state index is 0.531. The lowest BCUT2D eigenvalue weighted by Crippen LogP contribution is -1.95. The van der Waals surface area contributed by atoms with Gasteiger partial charge in [-0.1, -0.05) is 25.4 Å². The molecule has 0 unspecified atom stereocenters. The summed E-state index contributed by atoms with van der Waals surface area (Å²) in [5, 5.41) is 1.64. The van der Waals surface area contributed by atoms with Crippen molar-refractivity contribution in [2.45, 2.75) is 26.7 Å². The Morgan fingerprint density at radius 2 is 1.83 bits per heavy atom. The van der Waals surface area contributed by atoms with Crippen LogP contribution in [0, 0.1) is 0 Å². The number of rotatable bonds is 4. The zero-order chi connectivity index (χ0) is 16.4. The molecule has 0 saturated heterocycles. The van der Waals surface area contributed by atoms with E-state index in [2.05, 4.69) is 18.8 Å². The topological polar surface area (TPSA) is 48.1 Å². The van der Waals surface area contributed by atoms with Gasteiger partial charge in [0.25, 0.3) is 0 Å². The van der Waals surface area contributed by atoms with Crippen LogP contribution in [0.15, 0.2) is 42.6 Å². The molecule has 0 aliphatic heterocycles. The van der Waals surface area contributed by atoms with Crippen molar-refractivity contribution in [3.63, 3.8) is 0 Å². The number of hydrogen-bond acceptors (Lipinski definition) is 3. The number of nitrogens with two attached hydrogens (primary N) is 1. The molecule has 3 nitrogen and oxygen atoms in total. The van der Waals surface area contributed by atoms with Crippen LogP contribution in [0.2, 0.25) is 5.02 Å². The highest BCUT2D eigenvalue weighted by atomic mass is 35.5. The van der Waals surface area contributed by atoms with Gasteiger partial charge in [-0.25, -0.2) is 0 Å². The van der Waals surface area contributed by atoms with E-state index >= 15 is 0 Å². The van der Waals surface area contributed by atoms with Gasteiger partial charge in [-0.05, 0) is 60.4 Å². The second kappa shape index (κ2) is 6.47. The molecule has 0 saturated carbocycles. The Labute approximate surface area is 141 Å². The summed E-state index contributed by atoms with van der Waals surface area (Å²) in [5.41, 5.74) is 9.72. The molecule has 1 heterocycles. The fourth-order valence-corrected chi connectivity index (χ4v) is 3.01. The highest BCUT2D eigenvalue weighted by molar-refractivity contribution is 6.32. The standard InChI is InChI=1S/C19H19ClN2O/c1-3-12-7-8-22-18-6-5-15(11-16(12)18)23-19-13(4-2)9-14(21)10-17(19)20/h5-11H,3-4,21H2,1-2H3.